The molecule has 0 bridgehead atoms. The van der Waals surface area contributed by atoms with Crippen LogP contribution in [-0.2, 0) is 16.4 Å². The first kappa shape index (κ1) is 14.4. The number of para-hydroxylation sites is 1. The summed E-state index contributed by atoms with van der Waals surface area (Å²) in [6.07, 6.45) is 1.88. The summed E-state index contributed by atoms with van der Waals surface area (Å²) in [7, 11) is -3.12. The maximum absolute atomic E-state index is 12.1. The highest BCUT2D eigenvalue weighted by Gasteiger charge is 2.28. The molecule has 0 radical (unpaired) electrons. The van der Waals surface area contributed by atoms with Crippen molar-refractivity contribution in [2.45, 2.75) is 32.1 Å². The summed E-state index contributed by atoms with van der Waals surface area (Å²) in [5, 5.41) is 1.68. The Kier molecular flexibility index (Phi) is 3.67. The molecular formula is C14H18ClNO2S. The van der Waals surface area contributed by atoms with Crippen LogP contribution in [0, 0.1) is 0 Å². The first-order chi connectivity index (χ1) is 8.72. The summed E-state index contributed by atoms with van der Waals surface area (Å²) < 4.78 is 25.4. The molecule has 5 heteroatoms. The van der Waals surface area contributed by atoms with E-state index in [0.717, 1.165) is 10.9 Å². The zero-order chi connectivity index (χ0) is 14.3. The molecule has 0 atom stereocenters. The molecule has 104 valence electrons. The number of aryl methyl sites for hydroxylation is 1. The third kappa shape index (κ3) is 2.79. The Hall–Kier alpha value is -1.00. The second kappa shape index (κ2) is 4.84. The fraction of sp³-hybridized carbons (Fsp3) is 0.429. The van der Waals surface area contributed by atoms with E-state index >= 15 is 0 Å². The molecule has 1 aromatic carbocycles. The van der Waals surface area contributed by atoms with Crippen LogP contribution < -0.4 is 0 Å². The predicted octanol–water partition coefficient (Wildman–Crippen LogP) is 3.51. The van der Waals surface area contributed by atoms with E-state index in [1.54, 1.807) is 20.8 Å². The molecule has 0 N–H and O–H groups in total. The summed E-state index contributed by atoms with van der Waals surface area (Å²) >= 11 is 6.17. The third-order valence-electron chi connectivity index (χ3n) is 3.27. The average Bonchev–Trinajstić information content (AvgIpc) is 2.69. The van der Waals surface area contributed by atoms with Crippen LogP contribution in [0.5, 0.6) is 0 Å². The van der Waals surface area contributed by atoms with E-state index in [1.165, 1.54) is 0 Å². The molecule has 19 heavy (non-hydrogen) atoms. The lowest BCUT2D eigenvalue weighted by molar-refractivity contribution is 0.555. The van der Waals surface area contributed by atoms with Crippen LogP contribution in [0.1, 0.15) is 20.8 Å². The van der Waals surface area contributed by atoms with Crippen molar-refractivity contribution in [2.75, 3.05) is 5.75 Å². The van der Waals surface area contributed by atoms with Gasteiger partial charge in [0, 0.05) is 18.1 Å². The van der Waals surface area contributed by atoms with Gasteiger partial charge in [-0.25, -0.2) is 8.42 Å². The molecule has 0 aliphatic carbocycles. The van der Waals surface area contributed by atoms with E-state index in [-0.39, 0.29) is 5.75 Å². The SMILES string of the molecule is CC(C)(C)S(=O)(=O)CCn1ccc2cccc(Cl)c21. The quantitative estimate of drug-likeness (QED) is 0.870. The van der Waals surface area contributed by atoms with Crippen molar-refractivity contribution in [1.29, 1.82) is 0 Å². The normalized spacial score (nSPS) is 13.1. The summed E-state index contributed by atoms with van der Waals surface area (Å²) in [4.78, 5) is 0. The molecule has 0 amide bonds. The van der Waals surface area contributed by atoms with Gasteiger partial charge in [0.15, 0.2) is 9.84 Å². The molecule has 0 saturated carbocycles. The maximum Gasteiger partial charge on any atom is 0.156 e. The summed E-state index contributed by atoms with van der Waals surface area (Å²) in [6, 6.07) is 7.63. The van der Waals surface area contributed by atoms with Gasteiger partial charge in [-0.1, -0.05) is 23.7 Å². The number of rotatable bonds is 3. The Morgan fingerprint density at radius 3 is 2.53 bits per heavy atom. The summed E-state index contributed by atoms with van der Waals surface area (Å²) in [5.41, 5.74) is 0.897. The van der Waals surface area contributed by atoms with Gasteiger partial charge >= 0.3 is 0 Å². The fourth-order valence-electron chi connectivity index (χ4n) is 1.93. The van der Waals surface area contributed by atoms with Crippen LogP contribution in [0.2, 0.25) is 5.02 Å². The molecule has 3 nitrogen and oxygen atoms in total. The smallest absolute Gasteiger partial charge is 0.156 e. The Labute approximate surface area is 119 Å². The van der Waals surface area contributed by atoms with Gasteiger partial charge in [-0.2, -0.15) is 0 Å². The highest BCUT2D eigenvalue weighted by molar-refractivity contribution is 7.92. The molecular weight excluding hydrogens is 282 g/mol. The lowest BCUT2D eigenvalue weighted by atomic mass is 10.2. The Morgan fingerprint density at radius 2 is 1.89 bits per heavy atom. The largest absolute Gasteiger partial charge is 0.345 e. The minimum Gasteiger partial charge on any atom is -0.345 e. The zero-order valence-corrected chi connectivity index (χ0v) is 12.9. The van der Waals surface area contributed by atoms with Crippen LogP contribution in [0.15, 0.2) is 30.5 Å². The molecule has 0 saturated heterocycles. The van der Waals surface area contributed by atoms with Crippen molar-refractivity contribution < 1.29 is 8.42 Å². The second-order valence-electron chi connectivity index (χ2n) is 5.62. The lowest BCUT2D eigenvalue weighted by Crippen LogP contribution is -2.31. The summed E-state index contributed by atoms with van der Waals surface area (Å²) in [5.74, 6) is 0.117. The Morgan fingerprint density at radius 1 is 1.21 bits per heavy atom. The van der Waals surface area contributed by atoms with Gasteiger partial charge in [0.1, 0.15) is 0 Å². The van der Waals surface area contributed by atoms with Crippen LogP contribution in [0.3, 0.4) is 0 Å². The lowest BCUT2D eigenvalue weighted by Gasteiger charge is -2.19. The minimum atomic E-state index is -3.12. The van der Waals surface area contributed by atoms with Crippen molar-refractivity contribution >= 4 is 32.3 Å². The van der Waals surface area contributed by atoms with Gasteiger partial charge in [0.05, 0.1) is 21.0 Å². The number of hydrogen-bond acceptors (Lipinski definition) is 2. The van der Waals surface area contributed by atoms with E-state index < -0.39 is 14.6 Å². The van der Waals surface area contributed by atoms with E-state index in [9.17, 15) is 8.42 Å². The number of aromatic nitrogens is 1. The summed E-state index contributed by atoms with van der Waals surface area (Å²) in [6.45, 7) is 5.60. The van der Waals surface area contributed by atoms with Gasteiger partial charge in [0.2, 0.25) is 0 Å². The van der Waals surface area contributed by atoms with Crippen molar-refractivity contribution in [1.82, 2.24) is 4.57 Å². The highest BCUT2D eigenvalue weighted by Crippen LogP contribution is 2.25. The number of nitrogens with zero attached hydrogens (tertiary/aromatic N) is 1. The van der Waals surface area contributed by atoms with Gasteiger partial charge in [-0.15, -0.1) is 0 Å². The van der Waals surface area contributed by atoms with Crippen LogP contribution in [0.25, 0.3) is 10.9 Å². The van der Waals surface area contributed by atoms with Crippen molar-refractivity contribution in [3.05, 3.63) is 35.5 Å². The van der Waals surface area contributed by atoms with Crippen molar-refractivity contribution in [2.24, 2.45) is 0 Å². The van der Waals surface area contributed by atoms with Crippen LogP contribution >= 0.6 is 11.6 Å². The van der Waals surface area contributed by atoms with Gasteiger partial charge < -0.3 is 4.57 Å². The molecule has 0 aliphatic rings. The molecule has 1 aromatic heterocycles. The van der Waals surface area contributed by atoms with E-state index in [2.05, 4.69) is 0 Å². The monoisotopic (exact) mass is 299 g/mol. The Bertz CT molecular complexity index is 696. The van der Waals surface area contributed by atoms with Gasteiger partial charge in [-0.05, 0) is 32.9 Å². The predicted molar refractivity (Wildman–Crippen MR) is 80.5 cm³/mol. The first-order valence-corrected chi connectivity index (χ1v) is 8.21. The number of fused-ring (bicyclic) bond motifs is 1. The van der Waals surface area contributed by atoms with E-state index in [4.69, 9.17) is 11.6 Å². The molecule has 2 rings (SSSR count). The van der Waals surface area contributed by atoms with Crippen LogP contribution in [0.4, 0.5) is 0 Å². The topological polar surface area (TPSA) is 39.1 Å². The third-order valence-corrected chi connectivity index (χ3v) is 6.16. The first-order valence-electron chi connectivity index (χ1n) is 6.18. The molecule has 0 spiro atoms. The molecule has 0 fully saturated rings. The Balaban J connectivity index is 2.29. The highest BCUT2D eigenvalue weighted by atomic mass is 35.5. The van der Waals surface area contributed by atoms with Gasteiger partial charge in [-0.3, -0.25) is 0 Å². The molecule has 2 aromatic rings. The fourth-order valence-corrected chi connectivity index (χ4v) is 3.27. The maximum atomic E-state index is 12.1. The number of halogens is 1. The van der Waals surface area contributed by atoms with E-state index in [0.29, 0.717) is 11.6 Å². The molecule has 0 unspecified atom stereocenters. The standard InChI is InChI=1S/C14H18ClNO2S/c1-14(2,3)19(17,18)10-9-16-8-7-11-5-4-6-12(15)13(11)16/h4-8H,9-10H2,1-3H3. The number of sulfone groups is 1. The van der Waals surface area contributed by atoms with Gasteiger partial charge in [0.25, 0.3) is 0 Å². The number of hydrogen-bond donors (Lipinski definition) is 0. The van der Waals surface area contributed by atoms with E-state index in [1.807, 2.05) is 35.0 Å². The minimum absolute atomic E-state index is 0.117. The zero-order valence-electron chi connectivity index (χ0n) is 11.4. The molecule has 1 heterocycles. The number of benzene rings is 1. The van der Waals surface area contributed by atoms with Crippen molar-refractivity contribution in [3.8, 4) is 0 Å². The second-order valence-corrected chi connectivity index (χ2v) is 8.89. The molecule has 0 aliphatic heterocycles. The van der Waals surface area contributed by atoms with Crippen molar-refractivity contribution in [3.63, 3.8) is 0 Å². The average molecular weight is 300 g/mol. The van der Waals surface area contributed by atoms with Crippen LogP contribution in [-0.4, -0.2) is 23.5 Å².